The molecule has 5 aromatic rings. The van der Waals surface area contributed by atoms with Crippen LogP contribution in [0.4, 0.5) is 5.95 Å². The molecule has 10 nitrogen and oxygen atoms in total. The third kappa shape index (κ3) is 5.21. The van der Waals surface area contributed by atoms with Crippen molar-refractivity contribution in [3.05, 3.63) is 108 Å². The van der Waals surface area contributed by atoms with Crippen molar-refractivity contribution in [3.8, 4) is 11.6 Å². The predicted octanol–water partition coefficient (Wildman–Crippen LogP) is 6.86. The number of fused-ring (bicyclic) bond motifs is 2. The monoisotopic (exact) mass is 635 g/mol. The van der Waals surface area contributed by atoms with E-state index in [-0.39, 0.29) is 12.2 Å². The molecule has 2 aromatic heterocycles. The molecule has 7 rings (SSSR count). The second kappa shape index (κ2) is 11.9. The first-order valence-corrected chi connectivity index (χ1v) is 16.2. The average molecular weight is 636 g/mol. The maximum absolute atomic E-state index is 6.64. The Labute approximate surface area is 275 Å². The number of nitrogens with zero attached hydrogens (tertiary/aromatic N) is 4. The van der Waals surface area contributed by atoms with E-state index in [0.29, 0.717) is 29.6 Å². The number of benzene rings is 3. The van der Waals surface area contributed by atoms with Gasteiger partial charge in [0.05, 0.1) is 26.1 Å². The molecule has 4 atom stereocenters. The van der Waals surface area contributed by atoms with Crippen LogP contribution < -0.4 is 14.8 Å². The van der Waals surface area contributed by atoms with Crippen LogP contribution >= 0.6 is 0 Å². The molecular formula is C37H41N5O5. The molecule has 2 aliphatic rings. The normalized spacial score (nSPS) is 23.5. The van der Waals surface area contributed by atoms with E-state index in [1.165, 1.54) is 0 Å². The van der Waals surface area contributed by atoms with Crippen molar-refractivity contribution in [2.24, 2.45) is 0 Å². The van der Waals surface area contributed by atoms with Crippen LogP contribution in [0.25, 0.3) is 11.2 Å². The van der Waals surface area contributed by atoms with Crippen LogP contribution in [0.5, 0.6) is 11.6 Å². The maximum atomic E-state index is 6.64. The number of imidazole rings is 1. The Hall–Kier alpha value is -4.51. The lowest BCUT2D eigenvalue weighted by Crippen LogP contribution is -2.41. The van der Waals surface area contributed by atoms with E-state index in [1.54, 1.807) is 13.4 Å². The Morgan fingerprint density at radius 1 is 0.872 bits per heavy atom. The van der Waals surface area contributed by atoms with Crippen molar-refractivity contribution in [1.82, 2.24) is 19.5 Å². The molecule has 1 N–H and O–H groups in total. The summed E-state index contributed by atoms with van der Waals surface area (Å²) in [4.78, 5) is 14.8. The molecule has 0 aliphatic carbocycles. The number of ether oxygens (including phenoxy) is 5. The number of nitrogens with one attached hydrogen (secondary N) is 1. The standard InChI is InChI=1S/C37H41N5O5/c1-7-28-30-36(5,47-35(3,4)46-30)33(45-28)42-23-38-29-31(42)39-34(40-32(29)44-8-2)41-37(24-15-11-9-12-16-24,25-17-13-10-14-18-25)26-19-21-27(43-6)22-20-26/h9-23,28,30,33H,7-8H2,1-6H3,(H,39,40,41)/t28-,30-,33-,36-/m1/s1. The van der Waals surface area contributed by atoms with Crippen LogP contribution in [0, 0.1) is 0 Å². The Bertz CT molecular complexity index is 1810. The molecule has 244 valence electrons. The van der Waals surface area contributed by atoms with Gasteiger partial charge in [0, 0.05) is 0 Å². The zero-order valence-electron chi connectivity index (χ0n) is 27.6. The number of aromatic nitrogens is 4. The third-order valence-corrected chi connectivity index (χ3v) is 9.13. The predicted molar refractivity (Wildman–Crippen MR) is 179 cm³/mol. The minimum Gasteiger partial charge on any atom is -0.497 e. The van der Waals surface area contributed by atoms with Crippen molar-refractivity contribution in [1.29, 1.82) is 0 Å². The molecule has 0 amide bonds. The van der Waals surface area contributed by atoms with Crippen molar-refractivity contribution >= 4 is 17.1 Å². The highest BCUT2D eigenvalue weighted by molar-refractivity contribution is 5.78. The van der Waals surface area contributed by atoms with Crippen molar-refractivity contribution in [3.63, 3.8) is 0 Å². The lowest BCUT2D eigenvalue weighted by molar-refractivity contribution is -0.214. The highest BCUT2D eigenvalue weighted by Crippen LogP contribution is 2.52. The van der Waals surface area contributed by atoms with E-state index >= 15 is 0 Å². The van der Waals surface area contributed by atoms with E-state index < -0.39 is 23.2 Å². The average Bonchev–Trinajstić information content (AvgIpc) is 3.70. The number of methoxy groups -OCH3 is 1. The summed E-state index contributed by atoms with van der Waals surface area (Å²) in [6.07, 6.45) is 1.55. The molecule has 2 saturated heterocycles. The van der Waals surface area contributed by atoms with Gasteiger partial charge in [0.15, 0.2) is 23.2 Å². The molecule has 2 fully saturated rings. The molecule has 0 saturated carbocycles. The maximum Gasteiger partial charge on any atom is 0.247 e. The van der Waals surface area contributed by atoms with Gasteiger partial charge in [0.25, 0.3) is 0 Å². The van der Waals surface area contributed by atoms with E-state index in [1.807, 2.05) is 80.8 Å². The molecule has 0 spiro atoms. The van der Waals surface area contributed by atoms with Gasteiger partial charge in [-0.15, -0.1) is 0 Å². The van der Waals surface area contributed by atoms with Crippen molar-refractivity contribution in [2.45, 2.75) is 76.4 Å². The van der Waals surface area contributed by atoms with Crippen molar-refractivity contribution in [2.75, 3.05) is 19.0 Å². The molecule has 47 heavy (non-hydrogen) atoms. The van der Waals surface area contributed by atoms with Crippen LogP contribution in [0.15, 0.2) is 91.3 Å². The van der Waals surface area contributed by atoms with Crippen LogP contribution in [-0.2, 0) is 19.7 Å². The van der Waals surface area contributed by atoms with Gasteiger partial charge in [0.2, 0.25) is 11.8 Å². The summed E-state index contributed by atoms with van der Waals surface area (Å²) in [7, 11) is 1.67. The highest BCUT2D eigenvalue weighted by atomic mass is 16.8. The lowest BCUT2D eigenvalue weighted by Gasteiger charge is -2.37. The SMILES string of the molecule is CCOc1nc(NC(c2ccccc2)(c2ccccc2)c2ccc(OC)cc2)nc2c1ncn2[C@@H]1O[C@H](CC)[C@H]2OC(C)(C)O[C@]21C. The van der Waals surface area contributed by atoms with Gasteiger partial charge in [-0.25, -0.2) is 4.98 Å². The Balaban J connectivity index is 1.42. The Kier molecular flexibility index (Phi) is 7.90. The second-order valence-corrected chi connectivity index (χ2v) is 12.6. The topological polar surface area (TPSA) is 102 Å². The van der Waals surface area contributed by atoms with E-state index in [2.05, 4.69) is 48.6 Å². The quantitative estimate of drug-likeness (QED) is 0.165. The van der Waals surface area contributed by atoms with Gasteiger partial charge in [-0.1, -0.05) is 79.7 Å². The van der Waals surface area contributed by atoms with Crippen LogP contribution in [0.3, 0.4) is 0 Å². The van der Waals surface area contributed by atoms with Gasteiger partial charge in [-0.3, -0.25) is 4.57 Å². The van der Waals surface area contributed by atoms with Gasteiger partial charge < -0.3 is 29.0 Å². The molecule has 0 bridgehead atoms. The fraction of sp³-hybridized carbons (Fsp3) is 0.378. The lowest BCUT2D eigenvalue weighted by atomic mass is 9.77. The summed E-state index contributed by atoms with van der Waals surface area (Å²) >= 11 is 0. The summed E-state index contributed by atoms with van der Waals surface area (Å²) < 4.78 is 33.1. The zero-order valence-corrected chi connectivity index (χ0v) is 27.6. The molecule has 4 heterocycles. The fourth-order valence-electron chi connectivity index (χ4n) is 7.15. The largest absolute Gasteiger partial charge is 0.497 e. The summed E-state index contributed by atoms with van der Waals surface area (Å²) in [5, 5.41) is 3.79. The molecule has 10 heteroatoms. The third-order valence-electron chi connectivity index (χ3n) is 9.13. The van der Waals surface area contributed by atoms with E-state index in [4.69, 9.17) is 38.6 Å². The number of rotatable bonds is 10. The van der Waals surface area contributed by atoms with Crippen LogP contribution in [0.1, 0.15) is 64.0 Å². The van der Waals surface area contributed by atoms with Gasteiger partial charge >= 0.3 is 0 Å². The molecule has 0 radical (unpaired) electrons. The van der Waals surface area contributed by atoms with Crippen LogP contribution in [-0.4, -0.2) is 56.8 Å². The summed E-state index contributed by atoms with van der Waals surface area (Å²) in [6.45, 7) is 10.4. The first kappa shape index (κ1) is 31.1. The van der Waals surface area contributed by atoms with Gasteiger partial charge in [0.1, 0.15) is 23.0 Å². The van der Waals surface area contributed by atoms with E-state index in [0.717, 1.165) is 28.9 Å². The summed E-state index contributed by atoms with van der Waals surface area (Å²) in [5.74, 6) is 0.743. The van der Waals surface area contributed by atoms with E-state index in [9.17, 15) is 0 Å². The first-order chi connectivity index (χ1) is 22.7. The van der Waals surface area contributed by atoms with Crippen LogP contribution in [0.2, 0.25) is 0 Å². The van der Waals surface area contributed by atoms with Gasteiger partial charge in [-0.2, -0.15) is 9.97 Å². The first-order valence-electron chi connectivity index (χ1n) is 16.2. The fourth-order valence-corrected chi connectivity index (χ4v) is 7.15. The number of anilines is 1. The molecular weight excluding hydrogens is 594 g/mol. The Morgan fingerprint density at radius 2 is 1.51 bits per heavy atom. The Morgan fingerprint density at radius 3 is 2.11 bits per heavy atom. The van der Waals surface area contributed by atoms with Gasteiger partial charge in [-0.05, 0) is 62.9 Å². The smallest absolute Gasteiger partial charge is 0.247 e. The minimum absolute atomic E-state index is 0.158. The molecule has 3 aromatic carbocycles. The highest BCUT2D eigenvalue weighted by Gasteiger charge is 2.64. The van der Waals surface area contributed by atoms with Crippen molar-refractivity contribution < 1.29 is 23.7 Å². The number of hydrogen-bond acceptors (Lipinski definition) is 9. The second-order valence-electron chi connectivity index (χ2n) is 12.6. The summed E-state index contributed by atoms with van der Waals surface area (Å²) in [5.41, 5.74) is 2.42. The molecule has 0 unspecified atom stereocenters. The number of hydrogen-bond donors (Lipinski definition) is 1. The molecule has 2 aliphatic heterocycles. The summed E-state index contributed by atoms with van der Waals surface area (Å²) in [6, 6.07) is 28.6. The zero-order chi connectivity index (χ0) is 32.8. The minimum atomic E-state index is -0.891.